The fourth-order valence-corrected chi connectivity index (χ4v) is 5.04. The van der Waals surface area contributed by atoms with Crippen molar-refractivity contribution in [2.24, 2.45) is 0 Å². The summed E-state index contributed by atoms with van der Waals surface area (Å²) in [5.74, 6) is 0.273. The first-order chi connectivity index (χ1) is 19.9. The van der Waals surface area contributed by atoms with Crippen LogP contribution in [0.4, 0.5) is 16.0 Å². The minimum absolute atomic E-state index is 0.105. The highest BCUT2D eigenvalue weighted by Gasteiger charge is 2.26. The van der Waals surface area contributed by atoms with Gasteiger partial charge in [-0.1, -0.05) is 43.3 Å². The van der Waals surface area contributed by atoms with Crippen LogP contribution in [0.1, 0.15) is 42.0 Å². The van der Waals surface area contributed by atoms with E-state index in [9.17, 15) is 9.18 Å². The number of hydrogen-bond donors (Lipinski definition) is 4. The lowest BCUT2D eigenvalue weighted by Crippen LogP contribution is -2.20. The summed E-state index contributed by atoms with van der Waals surface area (Å²) >= 11 is 0. The summed E-state index contributed by atoms with van der Waals surface area (Å²) in [4.78, 5) is 22.3. The molecule has 5 N–H and O–H groups in total. The van der Waals surface area contributed by atoms with E-state index in [2.05, 4.69) is 25.5 Å². The zero-order valence-corrected chi connectivity index (χ0v) is 22.3. The number of fused-ring (bicyclic) bond motifs is 2. The highest BCUT2D eigenvalue weighted by Crippen LogP contribution is 2.34. The van der Waals surface area contributed by atoms with Crippen LogP contribution in [-0.2, 0) is 0 Å². The number of rotatable bonds is 7. The van der Waals surface area contributed by atoms with Gasteiger partial charge in [0.05, 0.1) is 33.8 Å². The summed E-state index contributed by atoms with van der Waals surface area (Å²) in [6.45, 7) is 3.85. The molecule has 0 aliphatic heterocycles. The summed E-state index contributed by atoms with van der Waals surface area (Å²) in [5, 5.41) is 21.0. The average Bonchev–Trinajstić information content (AvgIpc) is 3.35. The maximum Gasteiger partial charge on any atom is 0.200 e. The fraction of sp³-hybridized carbons (Fsp3) is 0.129. The molecule has 0 saturated heterocycles. The lowest BCUT2D eigenvalue weighted by molar-refractivity contribution is 0.495. The molecule has 204 valence electrons. The maximum absolute atomic E-state index is 14.3. The minimum Gasteiger partial charge on any atom is -0.458 e. The molecule has 0 fully saturated rings. The molecule has 1 atom stereocenters. The average molecular weight is 548 g/mol. The zero-order valence-electron chi connectivity index (χ0n) is 22.3. The van der Waals surface area contributed by atoms with Gasteiger partial charge < -0.3 is 15.5 Å². The molecule has 3 aromatic heterocycles. The van der Waals surface area contributed by atoms with Crippen LogP contribution in [0.25, 0.3) is 33.0 Å². The van der Waals surface area contributed by atoms with Crippen LogP contribution in [0.3, 0.4) is 0 Å². The normalized spacial score (nSPS) is 12.1. The van der Waals surface area contributed by atoms with Gasteiger partial charge in [0.25, 0.3) is 0 Å². The van der Waals surface area contributed by atoms with Crippen LogP contribution >= 0.6 is 0 Å². The minimum atomic E-state index is -0.581. The van der Waals surface area contributed by atoms with Gasteiger partial charge in [0.1, 0.15) is 35.1 Å². The number of nitrogens with one attached hydrogen (secondary N) is 3. The second kappa shape index (κ2) is 10.3. The first-order valence-electron chi connectivity index (χ1n) is 13.1. The molecule has 0 bridgehead atoms. The molecule has 41 heavy (non-hydrogen) atoms. The monoisotopic (exact) mass is 547 g/mol. The molecule has 6 aromatic rings. The highest BCUT2D eigenvalue weighted by atomic mass is 19.1. The Labute approximate surface area is 233 Å². The van der Waals surface area contributed by atoms with E-state index in [0.29, 0.717) is 45.7 Å². The van der Waals surface area contributed by atoms with Gasteiger partial charge in [-0.15, -0.1) is 0 Å². The van der Waals surface area contributed by atoms with Crippen LogP contribution in [0.2, 0.25) is 0 Å². The number of aryl methyl sites for hydroxylation is 1. The summed E-state index contributed by atoms with van der Waals surface area (Å²) in [7, 11) is 0. The Morgan fingerprint density at radius 2 is 1.93 bits per heavy atom. The summed E-state index contributed by atoms with van der Waals surface area (Å²) in [5.41, 5.74) is 9.72. The molecule has 0 spiro atoms. The van der Waals surface area contributed by atoms with Gasteiger partial charge in [-0.2, -0.15) is 5.10 Å². The molecule has 0 radical (unpaired) electrons. The third-order valence-electron chi connectivity index (χ3n) is 7.14. The first-order valence-corrected chi connectivity index (χ1v) is 13.1. The van der Waals surface area contributed by atoms with Gasteiger partial charge >= 0.3 is 0 Å². The van der Waals surface area contributed by atoms with Crippen LogP contribution in [0, 0.1) is 18.2 Å². The molecular formula is C31H26FN7O2. The standard InChI is InChI=1S/C31H26FN7O2/c1-3-22(29-25(17-7-6-8-19(32)13-17)28(40)21-9-4-5-10-24(21)41-29)37-31-26(30(34)35-15-36-31)27(33)18-11-12-20-16(2)38-39-23(20)14-18/h4-15,22,33H,3H2,1-2H3,(H,38,39)(H3,34,35,36,37). The SMILES string of the molecule is CCC(Nc1ncnc(N)c1C(=N)c1ccc2c(C)[nH]nc2c1)c1oc2ccccc2c(=O)c1-c1cccc(F)c1. The molecule has 0 amide bonds. The lowest BCUT2D eigenvalue weighted by atomic mass is 9.97. The van der Waals surface area contributed by atoms with Gasteiger partial charge in [-0.25, -0.2) is 14.4 Å². The van der Waals surface area contributed by atoms with E-state index >= 15 is 0 Å². The molecule has 9 nitrogen and oxygen atoms in total. The quantitative estimate of drug-likeness (QED) is 0.176. The molecule has 3 aromatic carbocycles. The third-order valence-corrected chi connectivity index (χ3v) is 7.14. The van der Waals surface area contributed by atoms with E-state index in [4.69, 9.17) is 15.6 Å². The van der Waals surface area contributed by atoms with Gasteiger partial charge in [0.15, 0.2) is 0 Å². The Bertz CT molecular complexity index is 2010. The van der Waals surface area contributed by atoms with Crippen LogP contribution < -0.4 is 16.5 Å². The Morgan fingerprint density at radius 1 is 1.10 bits per heavy atom. The number of H-pyrrole nitrogens is 1. The second-order valence-corrected chi connectivity index (χ2v) is 9.72. The first kappa shape index (κ1) is 25.9. The van der Waals surface area contributed by atoms with E-state index in [1.165, 1.54) is 18.5 Å². The number of aromatic nitrogens is 4. The smallest absolute Gasteiger partial charge is 0.200 e. The topological polar surface area (TPSA) is 147 Å². The van der Waals surface area contributed by atoms with Crippen molar-refractivity contribution >= 4 is 39.2 Å². The van der Waals surface area contributed by atoms with E-state index in [-0.39, 0.29) is 22.5 Å². The molecule has 0 aliphatic carbocycles. The summed E-state index contributed by atoms with van der Waals surface area (Å²) in [6.07, 6.45) is 1.78. The van der Waals surface area contributed by atoms with Crippen molar-refractivity contribution in [1.29, 1.82) is 5.41 Å². The number of para-hydroxylation sites is 1. The van der Waals surface area contributed by atoms with E-state index in [1.54, 1.807) is 42.5 Å². The third kappa shape index (κ3) is 4.59. The second-order valence-electron chi connectivity index (χ2n) is 9.72. The number of hydrogen-bond acceptors (Lipinski definition) is 8. The summed E-state index contributed by atoms with van der Waals surface area (Å²) < 4.78 is 20.6. The Balaban J connectivity index is 1.47. The molecule has 1 unspecified atom stereocenters. The van der Waals surface area contributed by atoms with Crippen molar-refractivity contribution in [2.45, 2.75) is 26.3 Å². The number of halogens is 1. The van der Waals surface area contributed by atoms with Crippen molar-refractivity contribution in [3.63, 3.8) is 0 Å². The number of nitrogen functional groups attached to an aromatic ring is 1. The summed E-state index contributed by atoms with van der Waals surface area (Å²) in [6, 6.07) is 17.8. The van der Waals surface area contributed by atoms with Crippen molar-refractivity contribution in [3.8, 4) is 11.1 Å². The molecule has 10 heteroatoms. The van der Waals surface area contributed by atoms with Crippen molar-refractivity contribution in [2.75, 3.05) is 11.1 Å². The van der Waals surface area contributed by atoms with Crippen LogP contribution in [0.5, 0.6) is 0 Å². The van der Waals surface area contributed by atoms with Gasteiger partial charge in [0, 0.05) is 16.6 Å². The number of aromatic amines is 1. The molecule has 0 saturated carbocycles. The fourth-order valence-electron chi connectivity index (χ4n) is 5.04. The number of benzene rings is 3. The Morgan fingerprint density at radius 3 is 2.73 bits per heavy atom. The maximum atomic E-state index is 14.3. The number of anilines is 2. The predicted molar refractivity (Wildman–Crippen MR) is 158 cm³/mol. The van der Waals surface area contributed by atoms with Crippen LogP contribution in [-0.4, -0.2) is 25.9 Å². The van der Waals surface area contributed by atoms with E-state index in [1.807, 2.05) is 26.0 Å². The van der Waals surface area contributed by atoms with Crippen molar-refractivity contribution in [1.82, 2.24) is 20.2 Å². The largest absolute Gasteiger partial charge is 0.458 e. The number of nitrogens with zero attached hydrogens (tertiary/aromatic N) is 3. The van der Waals surface area contributed by atoms with Crippen molar-refractivity contribution < 1.29 is 8.81 Å². The lowest BCUT2D eigenvalue weighted by Gasteiger charge is -2.22. The molecule has 6 rings (SSSR count). The van der Waals surface area contributed by atoms with E-state index in [0.717, 1.165) is 16.6 Å². The number of nitrogens with two attached hydrogens (primary N) is 1. The Hall–Kier alpha value is -5.38. The Kier molecular flexibility index (Phi) is 6.50. The van der Waals surface area contributed by atoms with Crippen molar-refractivity contribution in [3.05, 3.63) is 112 Å². The molecule has 0 aliphatic rings. The predicted octanol–water partition coefficient (Wildman–Crippen LogP) is 6.14. The van der Waals surface area contributed by atoms with Gasteiger partial charge in [-0.3, -0.25) is 15.3 Å². The van der Waals surface area contributed by atoms with Gasteiger partial charge in [0.2, 0.25) is 5.43 Å². The van der Waals surface area contributed by atoms with Gasteiger partial charge in [-0.05, 0) is 49.2 Å². The van der Waals surface area contributed by atoms with E-state index < -0.39 is 11.9 Å². The molecular weight excluding hydrogens is 521 g/mol. The zero-order chi connectivity index (χ0) is 28.7. The van der Waals surface area contributed by atoms with Crippen LogP contribution in [0.15, 0.2) is 82.3 Å². The molecule has 3 heterocycles. The highest BCUT2D eigenvalue weighted by molar-refractivity contribution is 6.17.